The third-order valence-corrected chi connectivity index (χ3v) is 3.97. The number of hydrogen-bond acceptors (Lipinski definition) is 3. The maximum atomic E-state index is 14.0. The third kappa shape index (κ3) is 2.00. The number of hydrogen-bond donors (Lipinski definition) is 1. The summed E-state index contributed by atoms with van der Waals surface area (Å²) >= 11 is 6.01. The van der Waals surface area contributed by atoms with E-state index in [1.807, 2.05) is 27.7 Å². The molecule has 1 aromatic rings. The Labute approximate surface area is 112 Å². The SMILES string of the molecule is CC1(C)OB(c2c(Cl)ccc(N)c2F)OC1(C)C. The molecule has 1 aliphatic rings. The van der Waals surface area contributed by atoms with Crippen LogP contribution in [0.2, 0.25) is 5.02 Å². The number of halogens is 2. The fourth-order valence-electron chi connectivity index (χ4n) is 1.76. The van der Waals surface area contributed by atoms with E-state index in [9.17, 15) is 4.39 Å². The second-order valence-corrected chi connectivity index (χ2v) is 5.86. The van der Waals surface area contributed by atoms with Gasteiger partial charge in [-0.1, -0.05) is 11.6 Å². The topological polar surface area (TPSA) is 44.5 Å². The van der Waals surface area contributed by atoms with Gasteiger partial charge in [-0.15, -0.1) is 0 Å². The largest absolute Gasteiger partial charge is 0.499 e. The van der Waals surface area contributed by atoms with Crippen molar-refractivity contribution < 1.29 is 13.7 Å². The number of benzene rings is 1. The first-order chi connectivity index (χ1) is 8.16. The number of anilines is 1. The van der Waals surface area contributed by atoms with Crippen LogP contribution < -0.4 is 11.2 Å². The fourth-order valence-corrected chi connectivity index (χ4v) is 2.00. The highest BCUT2D eigenvalue weighted by Gasteiger charge is 2.53. The quantitative estimate of drug-likeness (QED) is 0.630. The van der Waals surface area contributed by atoms with Crippen molar-refractivity contribution in [2.45, 2.75) is 38.9 Å². The van der Waals surface area contributed by atoms with Crippen molar-refractivity contribution in [1.82, 2.24) is 0 Å². The first kappa shape index (κ1) is 13.7. The molecule has 6 heteroatoms. The van der Waals surface area contributed by atoms with Crippen molar-refractivity contribution in [3.8, 4) is 0 Å². The third-order valence-electron chi connectivity index (χ3n) is 3.65. The first-order valence-electron chi connectivity index (χ1n) is 5.75. The lowest BCUT2D eigenvalue weighted by molar-refractivity contribution is 0.00578. The molecule has 0 aliphatic carbocycles. The molecule has 0 atom stereocenters. The van der Waals surface area contributed by atoms with E-state index in [2.05, 4.69) is 0 Å². The minimum absolute atomic E-state index is 0.0316. The Bertz CT molecular complexity index is 477. The zero-order valence-electron chi connectivity index (χ0n) is 10.9. The van der Waals surface area contributed by atoms with Gasteiger partial charge in [-0.3, -0.25) is 0 Å². The summed E-state index contributed by atoms with van der Waals surface area (Å²) in [5.41, 5.74) is 4.65. The van der Waals surface area contributed by atoms with Gasteiger partial charge < -0.3 is 15.0 Å². The maximum Gasteiger partial charge on any atom is 0.499 e. The maximum absolute atomic E-state index is 14.0. The van der Waals surface area contributed by atoms with Gasteiger partial charge in [0.25, 0.3) is 0 Å². The zero-order valence-corrected chi connectivity index (χ0v) is 11.6. The van der Waals surface area contributed by atoms with Crippen LogP contribution in [0.1, 0.15) is 27.7 Å². The summed E-state index contributed by atoms with van der Waals surface area (Å²) in [4.78, 5) is 0. The van der Waals surface area contributed by atoms with E-state index in [4.69, 9.17) is 26.6 Å². The Hall–Kier alpha value is -0.775. The molecule has 0 bridgehead atoms. The van der Waals surface area contributed by atoms with Crippen molar-refractivity contribution in [1.29, 1.82) is 0 Å². The van der Waals surface area contributed by atoms with Crippen LogP contribution in [-0.4, -0.2) is 18.3 Å². The van der Waals surface area contributed by atoms with Gasteiger partial charge in [0.05, 0.1) is 16.9 Å². The predicted octanol–water partition coefficient (Wildman–Crippen LogP) is 2.36. The molecule has 1 fully saturated rings. The lowest BCUT2D eigenvalue weighted by Gasteiger charge is -2.32. The van der Waals surface area contributed by atoms with Gasteiger partial charge in [-0.05, 0) is 39.8 Å². The van der Waals surface area contributed by atoms with Crippen molar-refractivity contribution in [2.75, 3.05) is 5.73 Å². The van der Waals surface area contributed by atoms with Crippen molar-refractivity contribution >= 4 is 29.9 Å². The van der Waals surface area contributed by atoms with Crippen LogP contribution in [0, 0.1) is 5.82 Å². The summed E-state index contributed by atoms with van der Waals surface area (Å²) in [7, 11) is -0.842. The summed E-state index contributed by atoms with van der Waals surface area (Å²) < 4.78 is 25.6. The summed E-state index contributed by atoms with van der Waals surface area (Å²) in [5.74, 6) is -0.582. The Kier molecular flexibility index (Phi) is 3.12. The molecule has 2 rings (SSSR count). The normalized spacial score (nSPS) is 21.3. The van der Waals surface area contributed by atoms with Crippen LogP contribution in [0.15, 0.2) is 12.1 Å². The molecule has 0 amide bonds. The molecule has 0 unspecified atom stereocenters. The second kappa shape index (κ2) is 4.12. The van der Waals surface area contributed by atoms with Gasteiger partial charge >= 0.3 is 7.12 Å². The van der Waals surface area contributed by atoms with E-state index < -0.39 is 24.1 Å². The van der Waals surface area contributed by atoms with Crippen molar-refractivity contribution in [3.05, 3.63) is 23.0 Å². The van der Waals surface area contributed by atoms with Gasteiger partial charge in [0.15, 0.2) is 0 Å². The molecule has 1 saturated heterocycles. The standard InChI is InChI=1S/C12H16BClFNO2/c1-11(2)12(3,4)18-13(17-11)9-7(14)5-6-8(16)10(9)15/h5-6H,16H2,1-4H3. The average molecular weight is 272 g/mol. The summed E-state index contributed by atoms with van der Waals surface area (Å²) in [6.07, 6.45) is 0. The Morgan fingerprint density at radius 2 is 1.67 bits per heavy atom. The van der Waals surface area contributed by atoms with E-state index in [1.165, 1.54) is 6.07 Å². The molecule has 0 spiro atoms. The van der Waals surface area contributed by atoms with Gasteiger partial charge in [0, 0.05) is 10.5 Å². The van der Waals surface area contributed by atoms with Gasteiger partial charge in [-0.2, -0.15) is 0 Å². The van der Waals surface area contributed by atoms with Crippen LogP contribution in [0.25, 0.3) is 0 Å². The molecule has 98 valence electrons. The molecule has 1 aromatic carbocycles. The predicted molar refractivity (Wildman–Crippen MR) is 71.5 cm³/mol. The minimum Gasteiger partial charge on any atom is -0.399 e. The molecule has 1 aliphatic heterocycles. The van der Waals surface area contributed by atoms with E-state index in [-0.39, 0.29) is 16.2 Å². The highest BCUT2D eigenvalue weighted by molar-refractivity contribution is 6.65. The smallest absolute Gasteiger partial charge is 0.399 e. The molecular weight excluding hydrogens is 255 g/mol. The van der Waals surface area contributed by atoms with Crippen LogP contribution in [0.5, 0.6) is 0 Å². The summed E-state index contributed by atoms with van der Waals surface area (Å²) in [6.45, 7) is 7.58. The summed E-state index contributed by atoms with van der Waals surface area (Å²) in [6, 6.07) is 2.97. The average Bonchev–Trinajstić information content (AvgIpc) is 2.43. The highest BCUT2D eigenvalue weighted by Crippen LogP contribution is 2.37. The van der Waals surface area contributed by atoms with Crippen LogP contribution in [-0.2, 0) is 9.31 Å². The summed E-state index contributed by atoms with van der Waals surface area (Å²) in [5, 5.41) is 0.250. The molecule has 2 N–H and O–H groups in total. The van der Waals surface area contributed by atoms with E-state index in [0.717, 1.165) is 0 Å². The first-order valence-corrected chi connectivity index (χ1v) is 6.12. The molecule has 0 aromatic heterocycles. The highest BCUT2D eigenvalue weighted by atomic mass is 35.5. The lowest BCUT2D eigenvalue weighted by Crippen LogP contribution is -2.41. The van der Waals surface area contributed by atoms with Gasteiger partial charge in [-0.25, -0.2) is 4.39 Å². The molecule has 0 saturated carbocycles. The lowest BCUT2D eigenvalue weighted by atomic mass is 9.78. The zero-order chi connectivity index (χ0) is 13.7. The molecule has 1 heterocycles. The Morgan fingerprint density at radius 1 is 1.17 bits per heavy atom. The van der Waals surface area contributed by atoms with E-state index >= 15 is 0 Å². The molecular formula is C12H16BClFNO2. The molecule has 3 nitrogen and oxygen atoms in total. The number of nitrogens with two attached hydrogens (primary N) is 1. The van der Waals surface area contributed by atoms with Crippen LogP contribution in [0.4, 0.5) is 10.1 Å². The van der Waals surface area contributed by atoms with Crippen LogP contribution in [0.3, 0.4) is 0 Å². The van der Waals surface area contributed by atoms with Crippen LogP contribution >= 0.6 is 11.6 Å². The Balaban J connectivity index is 2.44. The number of nitrogen functional groups attached to an aromatic ring is 1. The minimum atomic E-state index is -0.842. The van der Waals surface area contributed by atoms with E-state index in [1.54, 1.807) is 6.07 Å². The Morgan fingerprint density at radius 3 is 2.17 bits per heavy atom. The van der Waals surface area contributed by atoms with Crippen molar-refractivity contribution in [2.24, 2.45) is 0 Å². The van der Waals surface area contributed by atoms with E-state index in [0.29, 0.717) is 0 Å². The molecule has 0 radical (unpaired) electrons. The number of rotatable bonds is 1. The molecule has 18 heavy (non-hydrogen) atoms. The van der Waals surface area contributed by atoms with Gasteiger partial charge in [0.1, 0.15) is 5.82 Å². The fraction of sp³-hybridized carbons (Fsp3) is 0.500. The monoisotopic (exact) mass is 271 g/mol. The van der Waals surface area contributed by atoms with Gasteiger partial charge in [0.2, 0.25) is 0 Å². The van der Waals surface area contributed by atoms with Crippen molar-refractivity contribution in [3.63, 3.8) is 0 Å². The second-order valence-electron chi connectivity index (χ2n) is 5.45.